The lowest BCUT2D eigenvalue weighted by Gasteiger charge is -2.16. The summed E-state index contributed by atoms with van der Waals surface area (Å²) in [5.74, 6) is -1.38. The van der Waals surface area contributed by atoms with Crippen molar-refractivity contribution >= 4 is 43.1 Å². The van der Waals surface area contributed by atoms with E-state index in [0.29, 0.717) is 11.3 Å². The Morgan fingerprint density at radius 1 is 1.26 bits per heavy atom. The Bertz CT molecular complexity index is 654. The Morgan fingerprint density at radius 2 is 1.95 bits per heavy atom. The molecule has 2 rings (SSSR count). The number of amides is 1. The highest BCUT2D eigenvalue weighted by atomic mass is 79.9. The summed E-state index contributed by atoms with van der Waals surface area (Å²) in [5.41, 5.74) is 0.790. The molecule has 0 aliphatic carbocycles. The summed E-state index contributed by atoms with van der Waals surface area (Å²) in [6.07, 6.45) is 0. The molecule has 1 aromatic carbocycles. The summed E-state index contributed by atoms with van der Waals surface area (Å²) in [7, 11) is -3.18. The van der Waals surface area contributed by atoms with Gasteiger partial charge in [-0.05, 0) is 18.2 Å². The second-order valence-electron chi connectivity index (χ2n) is 4.18. The zero-order chi connectivity index (χ0) is 14.2. The third-order valence-electron chi connectivity index (χ3n) is 3.00. The number of sulfone groups is 1. The van der Waals surface area contributed by atoms with Crippen molar-refractivity contribution in [2.75, 3.05) is 23.0 Å². The molecule has 19 heavy (non-hydrogen) atoms. The zero-order valence-corrected chi connectivity index (χ0v) is 12.6. The third-order valence-corrected chi connectivity index (χ3v) is 5.18. The van der Waals surface area contributed by atoms with E-state index in [4.69, 9.17) is 0 Å². The van der Waals surface area contributed by atoms with Gasteiger partial charge in [-0.1, -0.05) is 22.9 Å². The molecule has 0 fully saturated rings. The Balaban J connectivity index is 2.31. The average molecular weight is 346 g/mol. The molecule has 1 amide bonds. The fraction of sp³-hybridized carbons (Fsp3) is 0.333. The molecule has 102 valence electrons. The Morgan fingerprint density at radius 3 is 2.58 bits per heavy atom. The van der Waals surface area contributed by atoms with Crippen molar-refractivity contribution in [1.82, 2.24) is 0 Å². The SMILES string of the molecule is CCS(=O)(=O)CCN1C(=O)C(=O)c2ccc(Br)cc21. The van der Waals surface area contributed by atoms with E-state index in [1.165, 1.54) is 4.90 Å². The van der Waals surface area contributed by atoms with Crippen LogP contribution < -0.4 is 4.90 Å². The maximum absolute atomic E-state index is 11.8. The summed E-state index contributed by atoms with van der Waals surface area (Å²) < 4.78 is 23.7. The molecule has 0 unspecified atom stereocenters. The van der Waals surface area contributed by atoms with Crippen LogP contribution in [-0.2, 0) is 14.6 Å². The molecule has 0 N–H and O–H groups in total. The molecule has 0 radical (unpaired) electrons. The Kier molecular flexibility index (Phi) is 3.78. The first-order valence-electron chi connectivity index (χ1n) is 5.72. The number of benzene rings is 1. The number of Topliss-reactive ketones (excluding diaryl/α,β-unsaturated/α-hetero) is 1. The molecule has 0 bridgehead atoms. The maximum Gasteiger partial charge on any atom is 0.299 e. The van der Waals surface area contributed by atoms with Crippen molar-refractivity contribution in [3.8, 4) is 0 Å². The summed E-state index contributed by atoms with van der Waals surface area (Å²) in [6, 6.07) is 4.89. The van der Waals surface area contributed by atoms with Gasteiger partial charge in [0.2, 0.25) is 0 Å². The first-order chi connectivity index (χ1) is 8.85. The van der Waals surface area contributed by atoms with Crippen LogP contribution in [0.2, 0.25) is 0 Å². The number of fused-ring (bicyclic) bond motifs is 1. The van der Waals surface area contributed by atoms with Crippen LogP contribution in [0.4, 0.5) is 5.69 Å². The van der Waals surface area contributed by atoms with Crippen molar-refractivity contribution in [1.29, 1.82) is 0 Å². The highest BCUT2D eigenvalue weighted by Crippen LogP contribution is 2.31. The topological polar surface area (TPSA) is 71.5 Å². The van der Waals surface area contributed by atoms with Crippen LogP contribution in [0, 0.1) is 0 Å². The van der Waals surface area contributed by atoms with Crippen LogP contribution in [0.1, 0.15) is 17.3 Å². The molecular formula is C12H12BrNO4S. The smallest absolute Gasteiger partial charge is 0.299 e. The minimum absolute atomic E-state index is 0.00417. The van der Waals surface area contributed by atoms with Gasteiger partial charge in [0.05, 0.1) is 17.0 Å². The number of nitrogens with zero attached hydrogens (tertiary/aromatic N) is 1. The third kappa shape index (κ3) is 2.71. The monoisotopic (exact) mass is 345 g/mol. The number of carbonyl (C=O) groups excluding carboxylic acids is 2. The molecule has 0 saturated heterocycles. The van der Waals surface area contributed by atoms with Crippen LogP contribution in [0.25, 0.3) is 0 Å². The molecule has 0 aromatic heterocycles. The molecule has 1 aromatic rings. The van der Waals surface area contributed by atoms with E-state index >= 15 is 0 Å². The van der Waals surface area contributed by atoms with Crippen LogP contribution in [0.3, 0.4) is 0 Å². The van der Waals surface area contributed by atoms with Crippen molar-refractivity contribution in [2.45, 2.75) is 6.92 Å². The van der Waals surface area contributed by atoms with Gasteiger partial charge >= 0.3 is 0 Å². The van der Waals surface area contributed by atoms with Crippen molar-refractivity contribution in [2.24, 2.45) is 0 Å². The number of anilines is 1. The molecule has 1 aliphatic rings. The van der Waals surface area contributed by atoms with Crippen molar-refractivity contribution in [3.63, 3.8) is 0 Å². The highest BCUT2D eigenvalue weighted by Gasteiger charge is 2.36. The second kappa shape index (κ2) is 5.05. The van der Waals surface area contributed by atoms with Gasteiger partial charge in [0.25, 0.3) is 11.7 Å². The Labute approximate surface area is 119 Å². The average Bonchev–Trinajstić information content (AvgIpc) is 2.60. The van der Waals surface area contributed by atoms with E-state index in [2.05, 4.69) is 15.9 Å². The van der Waals surface area contributed by atoms with Crippen LogP contribution >= 0.6 is 15.9 Å². The van der Waals surface area contributed by atoms with Gasteiger partial charge in [0.15, 0.2) is 9.84 Å². The summed E-state index contributed by atoms with van der Waals surface area (Å²) in [4.78, 5) is 24.8. The summed E-state index contributed by atoms with van der Waals surface area (Å²) in [5, 5.41) is 0. The van der Waals surface area contributed by atoms with Crippen LogP contribution in [-0.4, -0.2) is 38.2 Å². The molecule has 5 nitrogen and oxygen atoms in total. The first kappa shape index (κ1) is 14.2. The molecule has 7 heteroatoms. The normalized spacial score (nSPS) is 14.9. The lowest BCUT2D eigenvalue weighted by atomic mass is 10.1. The molecule has 1 aliphatic heterocycles. The maximum atomic E-state index is 11.8. The van der Waals surface area contributed by atoms with Crippen molar-refractivity contribution in [3.05, 3.63) is 28.2 Å². The van der Waals surface area contributed by atoms with Crippen molar-refractivity contribution < 1.29 is 18.0 Å². The second-order valence-corrected chi connectivity index (χ2v) is 7.57. The fourth-order valence-electron chi connectivity index (χ4n) is 1.86. The van der Waals surface area contributed by atoms with E-state index in [1.54, 1.807) is 25.1 Å². The van der Waals surface area contributed by atoms with Crippen LogP contribution in [0.15, 0.2) is 22.7 Å². The summed E-state index contributed by atoms with van der Waals surface area (Å²) in [6.45, 7) is 1.56. The van der Waals surface area contributed by atoms with E-state index in [9.17, 15) is 18.0 Å². The molecule has 0 spiro atoms. The molecular weight excluding hydrogens is 334 g/mol. The minimum atomic E-state index is -3.18. The molecule has 0 saturated carbocycles. The highest BCUT2D eigenvalue weighted by molar-refractivity contribution is 9.10. The number of carbonyl (C=O) groups is 2. The number of ketones is 1. The standard InChI is InChI=1S/C12H12BrNO4S/c1-2-19(17,18)6-5-14-10-7-8(13)3-4-9(10)11(15)12(14)16/h3-4,7H,2,5-6H2,1H3. The van der Waals surface area contributed by atoms with E-state index < -0.39 is 21.5 Å². The van der Waals surface area contributed by atoms with E-state index in [-0.39, 0.29) is 18.1 Å². The van der Waals surface area contributed by atoms with Gasteiger partial charge in [-0.2, -0.15) is 0 Å². The van der Waals surface area contributed by atoms with Gasteiger partial charge in [-0.15, -0.1) is 0 Å². The number of rotatable bonds is 4. The molecule has 0 atom stereocenters. The number of hydrogen-bond donors (Lipinski definition) is 0. The Hall–Kier alpha value is -1.21. The van der Waals surface area contributed by atoms with Crippen LogP contribution in [0.5, 0.6) is 0 Å². The quantitative estimate of drug-likeness (QED) is 0.773. The number of hydrogen-bond acceptors (Lipinski definition) is 4. The largest absolute Gasteiger partial charge is 0.304 e. The number of halogens is 1. The van der Waals surface area contributed by atoms with E-state index in [1.807, 2.05) is 0 Å². The zero-order valence-electron chi connectivity index (χ0n) is 10.2. The lowest BCUT2D eigenvalue weighted by Crippen LogP contribution is -2.34. The van der Waals surface area contributed by atoms with Gasteiger partial charge in [0.1, 0.15) is 0 Å². The predicted octanol–water partition coefficient (Wildman–Crippen LogP) is 1.41. The van der Waals surface area contributed by atoms with Gasteiger partial charge in [-0.25, -0.2) is 8.42 Å². The van der Waals surface area contributed by atoms with E-state index in [0.717, 1.165) is 4.47 Å². The van der Waals surface area contributed by atoms with Gasteiger partial charge in [-0.3, -0.25) is 9.59 Å². The minimum Gasteiger partial charge on any atom is -0.304 e. The summed E-state index contributed by atoms with van der Waals surface area (Å²) >= 11 is 3.27. The van der Waals surface area contributed by atoms with Gasteiger partial charge in [0, 0.05) is 16.8 Å². The predicted molar refractivity (Wildman–Crippen MR) is 75.2 cm³/mol. The fourth-order valence-corrected chi connectivity index (χ4v) is 2.96. The van der Waals surface area contributed by atoms with Gasteiger partial charge < -0.3 is 4.90 Å². The lowest BCUT2D eigenvalue weighted by molar-refractivity contribution is -0.114. The molecule has 1 heterocycles. The first-order valence-corrected chi connectivity index (χ1v) is 8.33.